The van der Waals surface area contributed by atoms with Crippen molar-refractivity contribution in [3.63, 3.8) is 0 Å². The van der Waals surface area contributed by atoms with Crippen molar-refractivity contribution in [2.45, 2.75) is 20.4 Å². The highest BCUT2D eigenvalue weighted by molar-refractivity contribution is 9.10. The third kappa shape index (κ3) is 2.09. The lowest BCUT2D eigenvalue weighted by molar-refractivity contribution is -0.117. The molecule has 1 heterocycles. The maximum atomic E-state index is 13.3. The summed E-state index contributed by atoms with van der Waals surface area (Å²) < 4.78 is 14.8. The number of aromatic nitrogens is 1. The van der Waals surface area contributed by atoms with E-state index < -0.39 is 11.6 Å². The Morgan fingerprint density at radius 2 is 2.07 bits per heavy atom. The maximum Gasteiger partial charge on any atom is 0.179 e. The zero-order chi connectivity index (χ0) is 10.9. The average Bonchev–Trinajstić information content (AvgIpc) is 2.26. The second-order valence-corrected chi connectivity index (χ2v) is 3.88. The molecule has 0 N–H and O–H groups in total. The van der Waals surface area contributed by atoms with E-state index in [0.29, 0.717) is 0 Å². The molecule has 0 amide bonds. The Morgan fingerprint density at radius 1 is 1.50 bits per heavy atom. The first-order valence-electron chi connectivity index (χ1n) is 3.98. The van der Waals surface area contributed by atoms with Crippen LogP contribution in [0.2, 0.25) is 0 Å². The van der Waals surface area contributed by atoms with Crippen molar-refractivity contribution in [1.82, 2.24) is 4.57 Å². The highest BCUT2D eigenvalue weighted by Crippen LogP contribution is 2.21. The molecule has 0 saturated heterocycles. The summed E-state index contributed by atoms with van der Waals surface area (Å²) >= 11 is 2.97. The van der Waals surface area contributed by atoms with Crippen LogP contribution in [0.25, 0.3) is 0 Å². The van der Waals surface area contributed by atoms with Crippen molar-refractivity contribution in [3.05, 3.63) is 22.2 Å². The lowest BCUT2D eigenvalue weighted by Crippen LogP contribution is -2.12. The number of carbonyl (C=O) groups is 2. The number of carbonyl (C=O) groups excluding carboxylic acids is 2. The molecule has 0 fully saturated rings. The molecule has 0 unspecified atom stereocenters. The minimum absolute atomic E-state index is 0.0113. The van der Waals surface area contributed by atoms with E-state index in [-0.39, 0.29) is 22.5 Å². The number of hydrogen-bond acceptors (Lipinski definition) is 2. The number of ketones is 2. The van der Waals surface area contributed by atoms with Gasteiger partial charge in [-0.05, 0) is 22.9 Å². The lowest BCUT2D eigenvalue weighted by atomic mass is 10.3. The van der Waals surface area contributed by atoms with Crippen LogP contribution in [0.1, 0.15) is 24.3 Å². The number of nitrogens with zero attached hydrogens (tertiary/aromatic N) is 1. The fourth-order valence-corrected chi connectivity index (χ4v) is 1.65. The molecule has 0 aromatic carbocycles. The summed E-state index contributed by atoms with van der Waals surface area (Å²) in [5, 5.41) is 0. The highest BCUT2D eigenvalue weighted by Gasteiger charge is 2.18. The molecule has 1 aromatic heterocycles. The monoisotopic (exact) mass is 261 g/mol. The van der Waals surface area contributed by atoms with Gasteiger partial charge in [-0.2, -0.15) is 0 Å². The van der Waals surface area contributed by atoms with Gasteiger partial charge in [0.05, 0.1) is 11.0 Å². The van der Waals surface area contributed by atoms with Crippen molar-refractivity contribution < 1.29 is 14.0 Å². The van der Waals surface area contributed by atoms with Crippen LogP contribution >= 0.6 is 15.9 Å². The largest absolute Gasteiger partial charge is 0.334 e. The summed E-state index contributed by atoms with van der Waals surface area (Å²) in [6, 6.07) is 0. The topological polar surface area (TPSA) is 39.1 Å². The second-order valence-electron chi connectivity index (χ2n) is 3.03. The molecule has 0 aliphatic carbocycles. The molecule has 1 aromatic rings. The number of Topliss-reactive ketones (excluding diaryl/α,β-unsaturated/α-hetero) is 2. The maximum absolute atomic E-state index is 13.3. The third-order valence-electron chi connectivity index (χ3n) is 1.70. The van der Waals surface area contributed by atoms with Crippen LogP contribution in [0.4, 0.5) is 4.39 Å². The van der Waals surface area contributed by atoms with Gasteiger partial charge in [-0.15, -0.1) is 0 Å². The van der Waals surface area contributed by atoms with Gasteiger partial charge in [0, 0.05) is 13.1 Å². The normalized spacial score (nSPS) is 10.3. The molecular weight excluding hydrogens is 253 g/mol. The molecule has 0 bridgehead atoms. The molecule has 0 atom stereocenters. The van der Waals surface area contributed by atoms with E-state index in [1.54, 1.807) is 0 Å². The van der Waals surface area contributed by atoms with Crippen molar-refractivity contribution in [2.24, 2.45) is 0 Å². The molecule has 5 heteroatoms. The SMILES string of the molecule is CC(=O)Cn1cc(Br)c(F)c1C(C)=O. The van der Waals surface area contributed by atoms with Crippen molar-refractivity contribution in [3.8, 4) is 0 Å². The van der Waals surface area contributed by atoms with Crippen LogP contribution in [-0.2, 0) is 11.3 Å². The Labute approximate surface area is 89.0 Å². The van der Waals surface area contributed by atoms with E-state index in [1.807, 2.05) is 0 Å². The van der Waals surface area contributed by atoms with Crippen molar-refractivity contribution in [1.29, 1.82) is 0 Å². The van der Waals surface area contributed by atoms with E-state index in [4.69, 9.17) is 0 Å². The summed E-state index contributed by atoms with van der Waals surface area (Å²) in [6.45, 7) is 2.66. The zero-order valence-electron chi connectivity index (χ0n) is 7.80. The fraction of sp³-hybridized carbons (Fsp3) is 0.333. The van der Waals surface area contributed by atoms with Gasteiger partial charge in [-0.3, -0.25) is 9.59 Å². The van der Waals surface area contributed by atoms with Gasteiger partial charge >= 0.3 is 0 Å². The first-order chi connectivity index (χ1) is 6.43. The summed E-state index contributed by atoms with van der Waals surface area (Å²) in [4.78, 5) is 21.9. The molecule has 0 spiro atoms. The highest BCUT2D eigenvalue weighted by atomic mass is 79.9. The van der Waals surface area contributed by atoms with Crippen LogP contribution in [0, 0.1) is 5.82 Å². The van der Waals surface area contributed by atoms with Crippen LogP contribution < -0.4 is 0 Å². The summed E-state index contributed by atoms with van der Waals surface area (Å²) in [5.74, 6) is -1.14. The van der Waals surface area contributed by atoms with Gasteiger partial charge in [0.15, 0.2) is 11.6 Å². The number of rotatable bonds is 3. The van der Waals surface area contributed by atoms with E-state index in [9.17, 15) is 14.0 Å². The Morgan fingerprint density at radius 3 is 2.50 bits per heavy atom. The molecular formula is C9H9BrFNO2. The van der Waals surface area contributed by atoms with Crippen LogP contribution in [0.3, 0.4) is 0 Å². The van der Waals surface area contributed by atoms with E-state index in [1.165, 1.54) is 24.6 Å². The Balaban J connectivity index is 3.22. The van der Waals surface area contributed by atoms with Crippen molar-refractivity contribution >= 4 is 27.5 Å². The molecule has 0 saturated carbocycles. The van der Waals surface area contributed by atoms with Gasteiger partial charge < -0.3 is 4.57 Å². The minimum Gasteiger partial charge on any atom is -0.334 e. The molecule has 0 radical (unpaired) electrons. The third-order valence-corrected chi connectivity index (χ3v) is 2.25. The van der Waals surface area contributed by atoms with Crippen LogP contribution in [0.15, 0.2) is 10.7 Å². The molecule has 0 aliphatic rings. The van der Waals surface area contributed by atoms with E-state index in [0.717, 1.165) is 0 Å². The van der Waals surface area contributed by atoms with Gasteiger partial charge in [0.25, 0.3) is 0 Å². The van der Waals surface area contributed by atoms with E-state index >= 15 is 0 Å². The van der Waals surface area contributed by atoms with Crippen molar-refractivity contribution in [2.75, 3.05) is 0 Å². The zero-order valence-corrected chi connectivity index (χ0v) is 9.39. The van der Waals surface area contributed by atoms with Gasteiger partial charge in [-0.25, -0.2) is 4.39 Å². The molecule has 14 heavy (non-hydrogen) atoms. The van der Waals surface area contributed by atoms with Gasteiger partial charge in [0.2, 0.25) is 0 Å². The smallest absolute Gasteiger partial charge is 0.179 e. The second kappa shape index (κ2) is 4.04. The average molecular weight is 262 g/mol. The quantitative estimate of drug-likeness (QED) is 0.783. The van der Waals surface area contributed by atoms with Crippen LogP contribution in [0.5, 0.6) is 0 Å². The predicted molar refractivity (Wildman–Crippen MR) is 52.8 cm³/mol. The summed E-state index contributed by atoms with van der Waals surface area (Å²) in [5.41, 5.74) is -0.0629. The number of hydrogen-bond donors (Lipinski definition) is 0. The summed E-state index contributed by atoms with van der Waals surface area (Å²) in [6.07, 6.45) is 1.40. The van der Waals surface area contributed by atoms with Gasteiger partial charge in [-0.1, -0.05) is 0 Å². The Hall–Kier alpha value is -0.970. The predicted octanol–water partition coefficient (Wildman–Crippen LogP) is 2.18. The summed E-state index contributed by atoms with van der Waals surface area (Å²) in [7, 11) is 0. The number of halogens is 2. The minimum atomic E-state index is -0.612. The first-order valence-corrected chi connectivity index (χ1v) is 4.77. The standard InChI is InChI=1S/C9H9BrFNO2/c1-5(13)3-12-4-7(10)8(11)9(12)6(2)14/h4H,3H2,1-2H3. The molecule has 1 rings (SSSR count). The van der Waals surface area contributed by atoms with E-state index in [2.05, 4.69) is 15.9 Å². The molecule has 0 aliphatic heterocycles. The lowest BCUT2D eigenvalue weighted by Gasteiger charge is -2.02. The van der Waals surface area contributed by atoms with Gasteiger partial charge in [0.1, 0.15) is 11.5 Å². The Kier molecular flexibility index (Phi) is 3.21. The first kappa shape index (κ1) is 11.1. The molecule has 3 nitrogen and oxygen atoms in total. The fourth-order valence-electron chi connectivity index (χ4n) is 1.22. The molecule has 76 valence electrons. The van der Waals surface area contributed by atoms with Crippen LogP contribution in [-0.4, -0.2) is 16.1 Å². The Bertz CT molecular complexity index is 398.